The Kier molecular flexibility index (Phi) is 6.24. The molecule has 2 aromatic carbocycles. The predicted molar refractivity (Wildman–Crippen MR) is 105 cm³/mol. The molecule has 3 rings (SSSR count). The molecule has 0 bridgehead atoms. The summed E-state index contributed by atoms with van der Waals surface area (Å²) in [6.45, 7) is 0.699. The van der Waals surface area contributed by atoms with E-state index in [2.05, 4.69) is 0 Å². The average Bonchev–Trinajstić information content (AvgIpc) is 2.69. The van der Waals surface area contributed by atoms with Crippen LogP contribution in [-0.4, -0.2) is 42.8 Å². The fraction of sp³-hybridized carbons (Fsp3) is 0.381. The van der Waals surface area contributed by atoms with Crippen molar-refractivity contribution in [3.63, 3.8) is 0 Å². The number of hydrogen-bond acceptors (Lipinski definition) is 4. The third-order valence-corrected chi connectivity index (χ3v) is 5.33. The van der Waals surface area contributed by atoms with Crippen LogP contribution in [0.25, 0.3) is 0 Å². The number of halogens is 1. The molecule has 0 amide bonds. The molecular weight excluding hydrogens is 366 g/mol. The van der Waals surface area contributed by atoms with E-state index < -0.39 is 12.0 Å². The van der Waals surface area contributed by atoms with Gasteiger partial charge in [-0.25, -0.2) is 0 Å². The minimum Gasteiger partial charge on any atom is -0.497 e. The molecule has 2 atom stereocenters. The van der Waals surface area contributed by atoms with Crippen LogP contribution >= 0.6 is 11.6 Å². The van der Waals surface area contributed by atoms with Crippen molar-refractivity contribution in [2.24, 2.45) is 0 Å². The highest BCUT2D eigenvalue weighted by Gasteiger charge is 2.36. The van der Waals surface area contributed by atoms with Gasteiger partial charge in [0.15, 0.2) is 0 Å². The Bertz CT molecular complexity index is 793. The van der Waals surface area contributed by atoms with Crippen molar-refractivity contribution in [2.75, 3.05) is 20.8 Å². The maximum atomic E-state index is 11.9. The molecule has 5 nitrogen and oxygen atoms in total. The summed E-state index contributed by atoms with van der Waals surface area (Å²) in [5.74, 6) is 0.606. The van der Waals surface area contributed by atoms with Crippen molar-refractivity contribution in [1.82, 2.24) is 4.90 Å². The first-order valence-corrected chi connectivity index (χ1v) is 9.39. The second kappa shape index (κ2) is 8.63. The zero-order valence-electron chi connectivity index (χ0n) is 15.5. The van der Waals surface area contributed by atoms with Gasteiger partial charge in [-0.3, -0.25) is 9.69 Å². The fourth-order valence-electron chi connectivity index (χ4n) is 3.78. The molecule has 0 saturated carbocycles. The molecule has 0 aliphatic carbocycles. The topological polar surface area (TPSA) is 59.0 Å². The third-order valence-electron chi connectivity index (χ3n) is 5.08. The number of aliphatic carboxylic acids is 1. The Morgan fingerprint density at radius 2 is 1.89 bits per heavy atom. The Morgan fingerprint density at radius 3 is 2.52 bits per heavy atom. The van der Waals surface area contributed by atoms with E-state index in [4.69, 9.17) is 21.1 Å². The number of nitrogens with zero attached hydrogens (tertiary/aromatic N) is 1. The van der Waals surface area contributed by atoms with Gasteiger partial charge in [0.05, 0.1) is 20.3 Å². The van der Waals surface area contributed by atoms with Crippen LogP contribution in [0.1, 0.15) is 36.4 Å². The standard InChI is InChI=1S/C21H24ClNO4/c1-26-16-10-11-19(27-2)17(13-16)20(14-6-8-15(22)9-7-14)23-12-4-3-5-18(23)21(24)25/h6-11,13,18,20H,3-5,12H2,1-2H3,(H,24,25). The quantitative estimate of drug-likeness (QED) is 0.794. The summed E-state index contributed by atoms with van der Waals surface area (Å²) >= 11 is 6.08. The van der Waals surface area contributed by atoms with Crippen molar-refractivity contribution >= 4 is 17.6 Å². The zero-order valence-corrected chi connectivity index (χ0v) is 16.3. The summed E-state index contributed by atoms with van der Waals surface area (Å²) in [4.78, 5) is 14.0. The van der Waals surface area contributed by atoms with E-state index in [-0.39, 0.29) is 6.04 Å². The molecule has 2 unspecified atom stereocenters. The molecule has 0 spiro atoms. The number of carbonyl (C=O) groups is 1. The number of rotatable bonds is 6. The van der Waals surface area contributed by atoms with Crippen LogP contribution in [0, 0.1) is 0 Å². The fourth-order valence-corrected chi connectivity index (χ4v) is 3.90. The van der Waals surface area contributed by atoms with E-state index in [9.17, 15) is 9.90 Å². The number of methoxy groups -OCH3 is 2. The molecular formula is C21H24ClNO4. The van der Waals surface area contributed by atoms with Crippen LogP contribution in [-0.2, 0) is 4.79 Å². The van der Waals surface area contributed by atoms with Gasteiger partial charge in [-0.05, 0) is 55.3 Å². The van der Waals surface area contributed by atoms with Gasteiger partial charge in [-0.2, -0.15) is 0 Å². The van der Waals surface area contributed by atoms with Gasteiger partial charge in [-0.15, -0.1) is 0 Å². The lowest BCUT2D eigenvalue weighted by atomic mass is 9.91. The minimum absolute atomic E-state index is 0.270. The van der Waals surface area contributed by atoms with Gasteiger partial charge in [0.2, 0.25) is 0 Å². The first kappa shape index (κ1) is 19.5. The monoisotopic (exact) mass is 389 g/mol. The molecule has 1 saturated heterocycles. The molecule has 1 N–H and O–H groups in total. The summed E-state index contributed by atoms with van der Waals surface area (Å²) in [5, 5.41) is 10.4. The van der Waals surface area contributed by atoms with Crippen molar-refractivity contribution in [2.45, 2.75) is 31.3 Å². The number of piperidine rings is 1. The molecule has 1 fully saturated rings. The van der Waals surface area contributed by atoms with Crippen LogP contribution in [0.3, 0.4) is 0 Å². The van der Waals surface area contributed by atoms with Gasteiger partial charge in [0, 0.05) is 10.6 Å². The lowest BCUT2D eigenvalue weighted by Crippen LogP contribution is -2.46. The maximum Gasteiger partial charge on any atom is 0.320 e. The summed E-state index contributed by atoms with van der Waals surface area (Å²) in [5.41, 5.74) is 1.85. The van der Waals surface area contributed by atoms with Crippen LogP contribution in [0.5, 0.6) is 11.5 Å². The molecule has 144 valence electrons. The second-order valence-electron chi connectivity index (χ2n) is 6.65. The molecule has 27 heavy (non-hydrogen) atoms. The molecule has 6 heteroatoms. The van der Waals surface area contributed by atoms with E-state index in [1.54, 1.807) is 14.2 Å². The van der Waals surface area contributed by atoms with Crippen molar-refractivity contribution in [3.8, 4) is 11.5 Å². The zero-order chi connectivity index (χ0) is 19.4. The molecule has 1 heterocycles. The number of ether oxygens (including phenoxy) is 2. The van der Waals surface area contributed by atoms with Gasteiger partial charge < -0.3 is 14.6 Å². The largest absolute Gasteiger partial charge is 0.497 e. The van der Waals surface area contributed by atoms with Crippen LogP contribution in [0.4, 0.5) is 0 Å². The summed E-state index contributed by atoms with van der Waals surface area (Å²) in [6.07, 6.45) is 2.50. The molecule has 1 aliphatic heterocycles. The first-order chi connectivity index (χ1) is 13.0. The lowest BCUT2D eigenvalue weighted by molar-refractivity contribution is -0.145. The molecule has 0 radical (unpaired) electrons. The summed E-state index contributed by atoms with van der Waals surface area (Å²) in [6, 6.07) is 12.4. The minimum atomic E-state index is -0.796. The molecule has 1 aliphatic rings. The normalized spacial score (nSPS) is 18.7. The highest BCUT2D eigenvalue weighted by atomic mass is 35.5. The third kappa shape index (κ3) is 4.20. The molecule has 2 aromatic rings. The molecule has 0 aromatic heterocycles. The van der Waals surface area contributed by atoms with E-state index in [1.165, 1.54) is 0 Å². The van der Waals surface area contributed by atoms with E-state index in [1.807, 2.05) is 47.4 Å². The highest BCUT2D eigenvalue weighted by Crippen LogP contribution is 2.40. The van der Waals surface area contributed by atoms with Crippen LogP contribution in [0.2, 0.25) is 5.02 Å². The Balaban J connectivity index is 2.16. The summed E-state index contributed by atoms with van der Waals surface area (Å²) < 4.78 is 11.0. The smallest absolute Gasteiger partial charge is 0.320 e. The van der Waals surface area contributed by atoms with Gasteiger partial charge >= 0.3 is 5.97 Å². The van der Waals surface area contributed by atoms with Gasteiger partial charge in [0.1, 0.15) is 17.5 Å². The first-order valence-electron chi connectivity index (χ1n) is 9.01. The Morgan fingerprint density at radius 1 is 1.15 bits per heavy atom. The van der Waals surface area contributed by atoms with Crippen molar-refractivity contribution in [1.29, 1.82) is 0 Å². The SMILES string of the molecule is COc1ccc(OC)c(C(c2ccc(Cl)cc2)N2CCCCC2C(=O)O)c1. The number of carboxylic acid groups (broad SMARTS) is 1. The second-order valence-corrected chi connectivity index (χ2v) is 7.09. The highest BCUT2D eigenvalue weighted by molar-refractivity contribution is 6.30. The number of hydrogen-bond donors (Lipinski definition) is 1. The summed E-state index contributed by atoms with van der Waals surface area (Å²) in [7, 11) is 3.24. The Labute approximate surface area is 164 Å². The van der Waals surface area contributed by atoms with Gasteiger partial charge in [-0.1, -0.05) is 30.2 Å². The van der Waals surface area contributed by atoms with E-state index in [0.717, 1.165) is 24.0 Å². The number of carboxylic acids is 1. The van der Waals surface area contributed by atoms with E-state index in [0.29, 0.717) is 29.5 Å². The lowest BCUT2D eigenvalue weighted by Gasteiger charge is -2.40. The van der Waals surface area contributed by atoms with E-state index >= 15 is 0 Å². The average molecular weight is 390 g/mol. The van der Waals surface area contributed by atoms with Crippen molar-refractivity contribution < 1.29 is 19.4 Å². The predicted octanol–water partition coefficient (Wildman–Crippen LogP) is 4.39. The maximum absolute atomic E-state index is 11.9. The number of benzene rings is 2. The van der Waals surface area contributed by atoms with Crippen molar-refractivity contribution in [3.05, 3.63) is 58.6 Å². The van der Waals surface area contributed by atoms with Gasteiger partial charge in [0.25, 0.3) is 0 Å². The van der Waals surface area contributed by atoms with Crippen LogP contribution < -0.4 is 9.47 Å². The Hall–Kier alpha value is -2.24. The van der Waals surface area contributed by atoms with Crippen LogP contribution in [0.15, 0.2) is 42.5 Å². The number of likely N-dealkylation sites (tertiary alicyclic amines) is 1.